The van der Waals surface area contributed by atoms with Gasteiger partial charge in [0.2, 0.25) is 0 Å². The van der Waals surface area contributed by atoms with Gasteiger partial charge in [-0.3, -0.25) is 0 Å². The molecule has 1 aliphatic rings. The highest BCUT2D eigenvalue weighted by Gasteiger charge is 2.31. The fourth-order valence-electron chi connectivity index (χ4n) is 3.85. The average Bonchev–Trinajstić information content (AvgIpc) is 3.27. The van der Waals surface area contributed by atoms with E-state index in [-0.39, 0.29) is 0 Å². The number of rotatable bonds is 3. The predicted molar refractivity (Wildman–Crippen MR) is 112 cm³/mol. The van der Waals surface area contributed by atoms with E-state index in [2.05, 4.69) is 20.0 Å². The van der Waals surface area contributed by atoms with E-state index in [9.17, 15) is 13.2 Å². The van der Waals surface area contributed by atoms with Gasteiger partial charge >= 0.3 is 6.18 Å². The van der Waals surface area contributed by atoms with Crippen LogP contribution < -0.4 is 9.80 Å². The van der Waals surface area contributed by atoms with Gasteiger partial charge in [-0.1, -0.05) is 36.4 Å². The molecule has 9 heteroatoms. The van der Waals surface area contributed by atoms with Crippen molar-refractivity contribution in [3.8, 4) is 11.3 Å². The monoisotopic (exact) mass is 424 g/mol. The summed E-state index contributed by atoms with van der Waals surface area (Å²) in [5, 5.41) is 4.31. The molecule has 1 aliphatic heterocycles. The molecular formula is C22H19F3N6. The van der Waals surface area contributed by atoms with Crippen molar-refractivity contribution in [1.29, 1.82) is 0 Å². The second-order valence-electron chi connectivity index (χ2n) is 7.36. The topological polar surface area (TPSA) is 49.6 Å². The predicted octanol–water partition coefficient (Wildman–Crippen LogP) is 4.14. The largest absolute Gasteiger partial charge is 0.416 e. The van der Waals surface area contributed by atoms with E-state index in [0.29, 0.717) is 37.6 Å². The van der Waals surface area contributed by atoms with Crippen molar-refractivity contribution in [3.05, 3.63) is 72.6 Å². The van der Waals surface area contributed by atoms with Crippen molar-refractivity contribution < 1.29 is 13.2 Å². The van der Waals surface area contributed by atoms with Crippen molar-refractivity contribution in [3.63, 3.8) is 0 Å². The first-order valence-corrected chi connectivity index (χ1v) is 9.92. The molecule has 0 spiro atoms. The lowest BCUT2D eigenvalue weighted by Crippen LogP contribution is -2.47. The molecule has 1 saturated heterocycles. The lowest BCUT2D eigenvalue weighted by Gasteiger charge is -2.37. The summed E-state index contributed by atoms with van der Waals surface area (Å²) in [5.74, 6) is 1.38. The van der Waals surface area contributed by atoms with Crippen molar-refractivity contribution >= 4 is 17.3 Å². The highest BCUT2D eigenvalue weighted by Crippen LogP contribution is 2.32. The van der Waals surface area contributed by atoms with Crippen LogP contribution in [0, 0.1) is 0 Å². The Morgan fingerprint density at radius 1 is 0.806 bits per heavy atom. The molecule has 6 nitrogen and oxygen atoms in total. The zero-order valence-electron chi connectivity index (χ0n) is 16.5. The number of aromatic nitrogens is 4. The van der Waals surface area contributed by atoms with Gasteiger partial charge in [0, 0.05) is 43.5 Å². The molecule has 0 amide bonds. The van der Waals surface area contributed by atoms with Gasteiger partial charge in [-0.2, -0.15) is 27.8 Å². The molecule has 0 aliphatic carbocycles. The van der Waals surface area contributed by atoms with E-state index in [0.717, 1.165) is 23.1 Å². The molecule has 0 saturated carbocycles. The molecule has 5 rings (SSSR count). The van der Waals surface area contributed by atoms with Crippen LogP contribution in [0.1, 0.15) is 5.56 Å². The smallest absolute Gasteiger partial charge is 0.368 e. The molecule has 0 N–H and O–H groups in total. The maximum Gasteiger partial charge on any atom is 0.416 e. The molecular weight excluding hydrogens is 405 g/mol. The van der Waals surface area contributed by atoms with Crippen molar-refractivity contribution in [2.45, 2.75) is 6.18 Å². The van der Waals surface area contributed by atoms with Gasteiger partial charge in [-0.25, -0.2) is 4.98 Å². The summed E-state index contributed by atoms with van der Waals surface area (Å²) in [5.41, 5.74) is 1.74. The van der Waals surface area contributed by atoms with Crippen LogP contribution in [0.25, 0.3) is 17.0 Å². The minimum Gasteiger partial charge on any atom is -0.368 e. The summed E-state index contributed by atoms with van der Waals surface area (Å²) >= 11 is 0. The Kier molecular flexibility index (Phi) is 4.72. The summed E-state index contributed by atoms with van der Waals surface area (Å²) in [6.07, 6.45) is -2.87. The molecule has 3 heterocycles. The van der Waals surface area contributed by atoms with Crippen LogP contribution in [0.2, 0.25) is 0 Å². The summed E-state index contributed by atoms with van der Waals surface area (Å²) in [4.78, 5) is 13.0. The third kappa shape index (κ3) is 3.78. The minimum atomic E-state index is -4.35. The third-order valence-corrected chi connectivity index (χ3v) is 5.44. The molecule has 2 aromatic carbocycles. The number of hydrogen-bond acceptors (Lipinski definition) is 5. The van der Waals surface area contributed by atoms with Crippen molar-refractivity contribution in [2.24, 2.45) is 0 Å². The zero-order chi connectivity index (χ0) is 21.4. The molecule has 0 unspecified atom stereocenters. The highest BCUT2D eigenvalue weighted by atomic mass is 19.4. The Balaban J connectivity index is 1.40. The van der Waals surface area contributed by atoms with Crippen molar-refractivity contribution in [1.82, 2.24) is 19.6 Å². The number of fused-ring (bicyclic) bond motifs is 1. The zero-order valence-corrected chi connectivity index (χ0v) is 16.5. The first kappa shape index (κ1) is 19.3. The van der Waals surface area contributed by atoms with Gasteiger partial charge in [-0.05, 0) is 18.2 Å². The molecule has 2 aromatic heterocycles. The number of hydrogen-bond donors (Lipinski definition) is 0. The Labute approximate surface area is 176 Å². The van der Waals surface area contributed by atoms with Gasteiger partial charge in [0.05, 0.1) is 11.3 Å². The van der Waals surface area contributed by atoms with Crippen LogP contribution in [0.5, 0.6) is 0 Å². The van der Waals surface area contributed by atoms with E-state index in [1.807, 2.05) is 41.3 Å². The van der Waals surface area contributed by atoms with E-state index < -0.39 is 11.7 Å². The minimum absolute atomic E-state index is 0.511. The van der Waals surface area contributed by atoms with Crippen molar-refractivity contribution in [2.75, 3.05) is 36.0 Å². The average molecular weight is 424 g/mol. The molecule has 0 atom stereocenters. The molecule has 31 heavy (non-hydrogen) atoms. The first-order chi connectivity index (χ1) is 15.0. The van der Waals surface area contributed by atoms with E-state index in [4.69, 9.17) is 0 Å². The number of piperazine rings is 1. The summed E-state index contributed by atoms with van der Waals surface area (Å²) in [6.45, 7) is 2.48. The summed E-state index contributed by atoms with van der Waals surface area (Å²) < 4.78 is 40.9. The quantitative estimate of drug-likeness (QED) is 0.495. The molecule has 0 radical (unpaired) electrons. The van der Waals surface area contributed by atoms with Gasteiger partial charge in [0.15, 0.2) is 0 Å². The van der Waals surface area contributed by atoms with Gasteiger partial charge in [0.1, 0.15) is 12.1 Å². The fraction of sp³-hybridized carbons (Fsp3) is 0.227. The van der Waals surface area contributed by atoms with Gasteiger partial charge in [0.25, 0.3) is 5.78 Å². The van der Waals surface area contributed by atoms with Crippen LogP contribution in [0.3, 0.4) is 0 Å². The second kappa shape index (κ2) is 7.57. The number of nitrogens with zero attached hydrogens (tertiary/aromatic N) is 6. The lowest BCUT2D eigenvalue weighted by atomic mass is 10.1. The molecule has 4 aromatic rings. The van der Waals surface area contributed by atoms with Crippen LogP contribution in [-0.2, 0) is 6.18 Å². The lowest BCUT2D eigenvalue weighted by molar-refractivity contribution is -0.137. The number of anilines is 2. The van der Waals surface area contributed by atoms with Crippen LogP contribution in [-0.4, -0.2) is 45.8 Å². The Morgan fingerprint density at radius 3 is 2.29 bits per heavy atom. The van der Waals surface area contributed by atoms with E-state index in [1.165, 1.54) is 18.5 Å². The third-order valence-electron chi connectivity index (χ3n) is 5.44. The normalized spacial score (nSPS) is 14.9. The molecule has 1 fully saturated rings. The highest BCUT2D eigenvalue weighted by molar-refractivity contribution is 5.66. The number of alkyl halides is 3. The van der Waals surface area contributed by atoms with Crippen LogP contribution in [0.15, 0.2) is 67.0 Å². The Morgan fingerprint density at radius 2 is 1.55 bits per heavy atom. The summed E-state index contributed by atoms with van der Waals surface area (Å²) in [7, 11) is 0. The van der Waals surface area contributed by atoms with Crippen LogP contribution in [0.4, 0.5) is 24.7 Å². The van der Waals surface area contributed by atoms with E-state index >= 15 is 0 Å². The van der Waals surface area contributed by atoms with Gasteiger partial charge in [-0.15, -0.1) is 0 Å². The summed E-state index contributed by atoms with van der Waals surface area (Å²) in [6, 6.07) is 17.3. The second-order valence-corrected chi connectivity index (χ2v) is 7.36. The first-order valence-electron chi connectivity index (χ1n) is 9.92. The van der Waals surface area contributed by atoms with Crippen LogP contribution >= 0.6 is 0 Å². The number of halogens is 3. The molecule has 158 valence electrons. The standard InChI is InChI=1S/C22H19F3N6/c23-22(24,25)17-7-4-8-18(13-17)29-9-11-30(12-10-29)20-14-19(16-5-2-1-3-6-16)28-21-26-15-27-31(20)21/h1-8,13-15H,9-12H2. The Hall–Kier alpha value is -3.62. The maximum absolute atomic E-state index is 13.1. The van der Waals surface area contributed by atoms with E-state index in [1.54, 1.807) is 10.6 Å². The molecule has 0 bridgehead atoms. The Bertz CT molecular complexity index is 1200. The number of benzene rings is 2. The SMILES string of the molecule is FC(F)(F)c1cccc(N2CCN(c3cc(-c4ccccc4)nc4ncnn34)CC2)c1. The fourth-order valence-corrected chi connectivity index (χ4v) is 3.85. The van der Waals surface area contributed by atoms with Gasteiger partial charge < -0.3 is 9.80 Å². The maximum atomic E-state index is 13.1.